The number of para-hydroxylation sites is 1. The molecule has 0 N–H and O–H groups in total. The lowest BCUT2D eigenvalue weighted by Gasteiger charge is -2.24. The molecular formula is C22H27ClFN3O3S. The number of amides is 1. The maximum atomic E-state index is 13.8. The molecule has 0 bridgehead atoms. The molecule has 0 saturated carbocycles. The Morgan fingerprint density at radius 3 is 2.55 bits per heavy atom. The molecule has 0 atom stereocenters. The standard InChI is InChI=1S/C22H26FN3O3S.ClH/c1-4-25(5-2)12-13-26(21(27)15-29-19-9-7-6-8-17(19)23)22-24-18-11-10-16(28-3)14-20(18)30-22;/h6-11,14H,4-5,12-13,15H2,1-3H3;1H. The van der Waals surface area contributed by atoms with E-state index in [-0.39, 0.29) is 30.7 Å². The van der Waals surface area contributed by atoms with E-state index >= 15 is 0 Å². The predicted octanol–water partition coefficient (Wildman–Crippen LogP) is 4.62. The van der Waals surface area contributed by atoms with E-state index in [1.807, 2.05) is 18.2 Å². The molecule has 0 aliphatic heterocycles. The highest BCUT2D eigenvalue weighted by Gasteiger charge is 2.21. The van der Waals surface area contributed by atoms with E-state index in [2.05, 4.69) is 23.7 Å². The summed E-state index contributed by atoms with van der Waals surface area (Å²) in [6.07, 6.45) is 0. The van der Waals surface area contributed by atoms with E-state index in [0.29, 0.717) is 18.2 Å². The van der Waals surface area contributed by atoms with Gasteiger partial charge in [-0.15, -0.1) is 12.4 Å². The van der Waals surface area contributed by atoms with Crippen LogP contribution in [0.2, 0.25) is 0 Å². The molecule has 3 rings (SSSR count). The van der Waals surface area contributed by atoms with E-state index < -0.39 is 5.82 Å². The number of ether oxygens (including phenoxy) is 2. The first-order valence-corrected chi connectivity index (χ1v) is 10.7. The summed E-state index contributed by atoms with van der Waals surface area (Å²) >= 11 is 1.42. The van der Waals surface area contributed by atoms with Crippen molar-refractivity contribution >= 4 is 45.0 Å². The van der Waals surface area contributed by atoms with Crippen LogP contribution in [0.4, 0.5) is 9.52 Å². The Hall–Kier alpha value is -2.42. The highest BCUT2D eigenvalue weighted by atomic mass is 35.5. The summed E-state index contributed by atoms with van der Waals surface area (Å²) in [7, 11) is 1.61. The van der Waals surface area contributed by atoms with Gasteiger partial charge in [0.2, 0.25) is 0 Å². The van der Waals surface area contributed by atoms with Crippen LogP contribution in [0.1, 0.15) is 13.8 Å². The van der Waals surface area contributed by atoms with Crippen molar-refractivity contribution < 1.29 is 18.7 Å². The van der Waals surface area contributed by atoms with Gasteiger partial charge >= 0.3 is 0 Å². The molecule has 0 unspecified atom stereocenters. The van der Waals surface area contributed by atoms with Gasteiger partial charge in [0, 0.05) is 13.1 Å². The number of rotatable bonds is 10. The van der Waals surface area contributed by atoms with Crippen LogP contribution in [0.15, 0.2) is 42.5 Å². The molecule has 6 nitrogen and oxygen atoms in total. The minimum Gasteiger partial charge on any atom is -0.497 e. The van der Waals surface area contributed by atoms with Crippen molar-refractivity contribution in [2.24, 2.45) is 0 Å². The maximum Gasteiger partial charge on any atom is 0.266 e. The van der Waals surface area contributed by atoms with Gasteiger partial charge in [-0.25, -0.2) is 9.37 Å². The number of anilines is 1. The van der Waals surface area contributed by atoms with E-state index in [1.165, 1.54) is 23.5 Å². The monoisotopic (exact) mass is 467 g/mol. The molecule has 1 aromatic heterocycles. The van der Waals surface area contributed by atoms with Crippen LogP contribution in [0.5, 0.6) is 11.5 Å². The zero-order chi connectivity index (χ0) is 21.5. The van der Waals surface area contributed by atoms with Crippen LogP contribution in [-0.4, -0.2) is 55.7 Å². The lowest BCUT2D eigenvalue weighted by molar-refractivity contribution is -0.120. The second-order valence-electron chi connectivity index (χ2n) is 6.62. The van der Waals surface area contributed by atoms with Crippen molar-refractivity contribution in [2.75, 3.05) is 44.8 Å². The topological polar surface area (TPSA) is 54.9 Å². The number of methoxy groups -OCH3 is 1. The summed E-state index contributed by atoms with van der Waals surface area (Å²) in [5.41, 5.74) is 0.798. The molecule has 9 heteroatoms. The lowest BCUT2D eigenvalue weighted by atomic mass is 10.3. The Balaban J connectivity index is 0.00000341. The van der Waals surface area contributed by atoms with Crippen molar-refractivity contribution in [3.05, 3.63) is 48.3 Å². The summed E-state index contributed by atoms with van der Waals surface area (Å²) in [6.45, 7) is 6.86. The molecule has 0 radical (unpaired) electrons. The van der Waals surface area contributed by atoms with E-state index in [0.717, 1.165) is 29.1 Å². The Morgan fingerprint density at radius 2 is 1.87 bits per heavy atom. The van der Waals surface area contributed by atoms with Crippen LogP contribution in [0, 0.1) is 5.82 Å². The van der Waals surface area contributed by atoms with Gasteiger partial charge in [0.1, 0.15) is 5.75 Å². The van der Waals surface area contributed by atoms with Crippen LogP contribution in [0.25, 0.3) is 10.2 Å². The second kappa shape index (κ2) is 11.8. The first-order chi connectivity index (χ1) is 14.5. The number of thiazole rings is 1. The SMILES string of the molecule is CCN(CC)CCN(C(=O)COc1ccccc1F)c1nc2ccc(OC)cc2s1.Cl. The Kier molecular flexibility index (Phi) is 9.48. The second-order valence-corrected chi connectivity index (χ2v) is 7.63. The average Bonchev–Trinajstić information content (AvgIpc) is 3.18. The van der Waals surface area contributed by atoms with Gasteiger partial charge in [0.25, 0.3) is 5.91 Å². The number of hydrogen-bond donors (Lipinski definition) is 0. The summed E-state index contributed by atoms with van der Waals surface area (Å²) in [4.78, 5) is 21.5. The average molecular weight is 468 g/mol. The Morgan fingerprint density at radius 1 is 1.13 bits per heavy atom. The lowest BCUT2D eigenvalue weighted by Crippen LogP contribution is -2.41. The van der Waals surface area contributed by atoms with Crippen LogP contribution < -0.4 is 14.4 Å². The number of halogens is 2. The van der Waals surface area contributed by atoms with E-state index in [4.69, 9.17) is 9.47 Å². The van der Waals surface area contributed by atoms with Gasteiger partial charge in [0.05, 0.1) is 17.3 Å². The Bertz CT molecular complexity index is 997. The summed E-state index contributed by atoms with van der Waals surface area (Å²) < 4.78 is 25.5. The molecule has 0 aliphatic carbocycles. The molecule has 2 aromatic carbocycles. The summed E-state index contributed by atoms with van der Waals surface area (Å²) in [5, 5.41) is 0.590. The van der Waals surface area contributed by atoms with Gasteiger partial charge in [0.15, 0.2) is 23.3 Å². The quantitative estimate of drug-likeness (QED) is 0.435. The molecule has 0 spiro atoms. The zero-order valence-corrected chi connectivity index (χ0v) is 19.5. The molecular weight excluding hydrogens is 441 g/mol. The predicted molar refractivity (Wildman–Crippen MR) is 125 cm³/mol. The molecule has 0 aliphatic rings. The third-order valence-electron chi connectivity index (χ3n) is 4.84. The van der Waals surface area contributed by atoms with Crippen LogP contribution in [-0.2, 0) is 4.79 Å². The number of fused-ring (bicyclic) bond motifs is 1. The summed E-state index contributed by atoms with van der Waals surface area (Å²) in [6, 6.07) is 11.7. The van der Waals surface area contributed by atoms with Gasteiger partial charge in [-0.3, -0.25) is 9.69 Å². The van der Waals surface area contributed by atoms with Crippen molar-refractivity contribution in [1.29, 1.82) is 0 Å². The highest BCUT2D eigenvalue weighted by Crippen LogP contribution is 2.31. The van der Waals surface area contributed by atoms with Gasteiger partial charge < -0.3 is 14.4 Å². The Labute approximate surface area is 192 Å². The number of nitrogens with zero attached hydrogens (tertiary/aromatic N) is 3. The number of likely N-dealkylation sites (N-methyl/N-ethyl adjacent to an activating group) is 1. The number of benzene rings is 2. The fourth-order valence-electron chi connectivity index (χ4n) is 3.02. The van der Waals surface area contributed by atoms with Crippen molar-refractivity contribution in [2.45, 2.75) is 13.8 Å². The van der Waals surface area contributed by atoms with Crippen molar-refractivity contribution in [3.8, 4) is 11.5 Å². The smallest absolute Gasteiger partial charge is 0.266 e. The van der Waals surface area contributed by atoms with E-state index in [9.17, 15) is 9.18 Å². The molecule has 168 valence electrons. The van der Waals surface area contributed by atoms with Crippen molar-refractivity contribution in [1.82, 2.24) is 9.88 Å². The van der Waals surface area contributed by atoms with Crippen molar-refractivity contribution in [3.63, 3.8) is 0 Å². The fraction of sp³-hybridized carbons (Fsp3) is 0.364. The highest BCUT2D eigenvalue weighted by molar-refractivity contribution is 7.22. The first-order valence-electron chi connectivity index (χ1n) is 9.90. The largest absolute Gasteiger partial charge is 0.497 e. The molecule has 1 amide bonds. The third-order valence-corrected chi connectivity index (χ3v) is 5.88. The normalized spacial score (nSPS) is 10.7. The minimum atomic E-state index is -0.493. The fourth-order valence-corrected chi connectivity index (χ4v) is 4.06. The number of carbonyl (C=O) groups is 1. The van der Waals surface area contributed by atoms with E-state index in [1.54, 1.807) is 24.1 Å². The third kappa shape index (κ3) is 6.29. The van der Waals surface area contributed by atoms with Gasteiger partial charge in [-0.1, -0.05) is 37.3 Å². The van der Waals surface area contributed by atoms with Gasteiger partial charge in [-0.05, 0) is 43.4 Å². The summed E-state index contributed by atoms with van der Waals surface area (Å²) in [5.74, 6) is 0.0358. The minimum absolute atomic E-state index is 0. The van der Waals surface area contributed by atoms with Crippen LogP contribution in [0.3, 0.4) is 0 Å². The number of aromatic nitrogens is 1. The number of carbonyl (C=O) groups excluding carboxylic acids is 1. The number of hydrogen-bond acceptors (Lipinski definition) is 6. The molecule has 3 aromatic rings. The molecule has 0 fully saturated rings. The molecule has 0 saturated heterocycles. The van der Waals surface area contributed by atoms with Gasteiger partial charge in [-0.2, -0.15) is 0 Å². The molecule has 1 heterocycles. The van der Waals surface area contributed by atoms with Crippen LogP contribution >= 0.6 is 23.7 Å². The molecule has 31 heavy (non-hydrogen) atoms. The zero-order valence-electron chi connectivity index (χ0n) is 17.8. The maximum absolute atomic E-state index is 13.8. The first kappa shape index (κ1) is 24.8.